The molecule has 196 valence electrons. The van der Waals surface area contributed by atoms with E-state index >= 15 is 0 Å². The molecule has 1 fully saturated rings. The minimum atomic E-state index is -0.681. The number of pyridine rings is 2. The number of halogens is 2. The van der Waals surface area contributed by atoms with Gasteiger partial charge in [0.05, 0.1) is 11.8 Å². The molecule has 6 rings (SSSR count). The molecule has 3 aromatic heterocycles. The van der Waals surface area contributed by atoms with Crippen LogP contribution in [0.4, 0.5) is 8.78 Å². The van der Waals surface area contributed by atoms with E-state index < -0.39 is 11.6 Å². The molecule has 1 saturated carbocycles. The fourth-order valence-electron chi connectivity index (χ4n) is 5.06. The first kappa shape index (κ1) is 24.7. The van der Waals surface area contributed by atoms with Crippen LogP contribution >= 0.6 is 0 Å². The van der Waals surface area contributed by atoms with Crippen molar-refractivity contribution >= 4 is 16.9 Å². The number of hydrogen-bond acceptors (Lipinski definition) is 4. The van der Waals surface area contributed by atoms with Crippen molar-refractivity contribution in [1.29, 1.82) is 0 Å². The van der Waals surface area contributed by atoms with Crippen molar-refractivity contribution in [3.05, 3.63) is 119 Å². The Labute approximate surface area is 224 Å². The first-order valence-electron chi connectivity index (χ1n) is 12.9. The first-order chi connectivity index (χ1) is 19.0. The zero-order valence-electron chi connectivity index (χ0n) is 21.1. The molecule has 0 spiro atoms. The summed E-state index contributed by atoms with van der Waals surface area (Å²) in [5, 5.41) is 3.59. The Bertz CT molecular complexity index is 1610. The van der Waals surface area contributed by atoms with Crippen molar-refractivity contribution in [2.45, 2.75) is 38.3 Å². The van der Waals surface area contributed by atoms with Crippen molar-refractivity contribution < 1.29 is 18.3 Å². The molecule has 1 amide bonds. The third kappa shape index (κ3) is 5.23. The maximum atomic E-state index is 13.7. The minimum absolute atomic E-state index is 0.00138. The van der Waals surface area contributed by atoms with Crippen LogP contribution in [0.3, 0.4) is 0 Å². The second kappa shape index (κ2) is 10.6. The number of fused-ring (bicyclic) bond motifs is 1. The molecule has 0 radical (unpaired) electrons. The Morgan fingerprint density at radius 2 is 1.77 bits per heavy atom. The number of carbonyl (C=O) groups is 1. The lowest BCUT2D eigenvalue weighted by Gasteiger charge is -2.28. The van der Waals surface area contributed by atoms with E-state index in [0.717, 1.165) is 36.6 Å². The number of hydrogen-bond donors (Lipinski definition) is 1. The molecular formula is C31H26F2N4O2. The van der Waals surface area contributed by atoms with E-state index in [4.69, 9.17) is 9.72 Å². The number of aromatic nitrogens is 3. The van der Waals surface area contributed by atoms with Crippen LogP contribution in [-0.2, 0) is 13.1 Å². The van der Waals surface area contributed by atoms with Gasteiger partial charge in [0.2, 0.25) is 5.88 Å². The molecule has 6 nitrogen and oxygen atoms in total. The molecule has 0 saturated heterocycles. The highest BCUT2D eigenvalue weighted by Crippen LogP contribution is 2.42. The van der Waals surface area contributed by atoms with E-state index in [-0.39, 0.29) is 18.4 Å². The molecule has 39 heavy (non-hydrogen) atoms. The minimum Gasteiger partial charge on any atom is -0.437 e. The third-order valence-corrected chi connectivity index (χ3v) is 7.06. The predicted octanol–water partition coefficient (Wildman–Crippen LogP) is 6.75. The Morgan fingerprint density at radius 1 is 0.974 bits per heavy atom. The lowest BCUT2D eigenvalue weighted by molar-refractivity contribution is 0.0950. The second-order valence-corrected chi connectivity index (χ2v) is 9.73. The highest BCUT2D eigenvalue weighted by Gasteiger charge is 2.32. The molecule has 0 aliphatic heterocycles. The van der Waals surface area contributed by atoms with Crippen molar-refractivity contribution in [2.24, 2.45) is 0 Å². The third-order valence-electron chi connectivity index (χ3n) is 7.06. The predicted molar refractivity (Wildman–Crippen MR) is 144 cm³/mol. The molecule has 2 aromatic carbocycles. The number of amides is 1. The van der Waals surface area contributed by atoms with Crippen LogP contribution in [0, 0.1) is 11.6 Å². The van der Waals surface area contributed by atoms with Gasteiger partial charge in [0.15, 0.2) is 0 Å². The smallest absolute Gasteiger partial charge is 0.254 e. The van der Waals surface area contributed by atoms with E-state index in [9.17, 15) is 13.6 Å². The lowest BCUT2D eigenvalue weighted by atomic mass is 9.81. The Balaban J connectivity index is 1.43. The summed E-state index contributed by atoms with van der Waals surface area (Å²) in [6.07, 6.45) is 6.31. The number of ether oxygens (including phenoxy) is 1. The second-order valence-electron chi connectivity index (χ2n) is 9.73. The van der Waals surface area contributed by atoms with E-state index in [1.807, 2.05) is 36.4 Å². The zero-order chi connectivity index (χ0) is 26.8. The summed E-state index contributed by atoms with van der Waals surface area (Å²) in [6, 6.07) is 20.5. The molecule has 0 bridgehead atoms. The van der Waals surface area contributed by atoms with Gasteiger partial charge in [0.25, 0.3) is 5.91 Å². The topological polar surface area (TPSA) is 69.0 Å². The van der Waals surface area contributed by atoms with Crippen LogP contribution in [0.25, 0.3) is 11.0 Å². The Kier molecular flexibility index (Phi) is 6.75. The number of rotatable bonds is 8. The summed E-state index contributed by atoms with van der Waals surface area (Å²) in [7, 11) is 0. The summed E-state index contributed by atoms with van der Waals surface area (Å²) in [5.41, 5.74) is 3.54. The molecule has 1 aliphatic rings. The molecule has 5 aromatic rings. The maximum Gasteiger partial charge on any atom is 0.254 e. The number of nitrogens with one attached hydrogen (secondary N) is 1. The molecular weight excluding hydrogens is 498 g/mol. The van der Waals surface area contributed by atoms with Crippen LogP contribution in [0.15, 0.2) is 85.2 Å². The molecule has 3 heterocycles. The summed E-state index contributed by atoms with van der Waals surface area (Å²) < 4.78 is 35.5. The highest BCUT2D eigenvalue weighted by molar-refractivity contribution is 6.08. The monoisotopic (exact) mass is 524 g/mol. The van der Waals surface area contributed by atoms with Crippen LogP contribution in [0.2, 0.25) is 0 Å². The van der Waals surface area contributed by atoms with Crippen molar-refractivity contribution in [2.75, 3.05) is 0 Å². The molecule has 1 N–H and O–H groups in total. The number of carbonyl (C=O) groups excluding carboxylic acids is 1. The van der Waals surface area contributed by atoms with Crippen molar-refractivity contribution in [1.82, 2.24) is 19.9 Å². The maximum absolute atomic E-state index is 13.7. The fourth-order valence-corrected chi connectivity index (χ4v) is 5.06. The van der Waals surface area contributed by atoms with Crippen molar-refractivity contribution in [3.8, 4) is 11.6 Å². The van der Waals surface area contributed by atoms with Gasteiger partial charge in [0, 0.05) is 48.4 Å². The Hall–Kier alpha value is -4.59. The first-order valence-corrected chi connectivity index (χ1v) is 12.9. The van der Waals surface area contributed by atoms with E-state index in [1.165, 1.54) is 12.1 Å². The highest BCUT2D eigenvalue weighted by atomic mass is 19.1. The van der Waals surface area contributed by atoms with Crippen LogP contribution in [0.1, 0.15) is 52.4 Å². The van der Waals surface area contributed by atoms with Gasteiger partial charge >= 0.3 is 0 Å². The number of benzene rings is 2. The molecule has 8 heteroatoms. The standard InChI is InChI=1S/C31H26F2N4O2/c32-23-14-21(15-24(33)16-23)17-35-31(38)28-26-11-12-27(39-25-10-5-13-34-18-25)36-30(26)37(29(28)22-8-4-9-22)19-20-6-2-1-3-7-20/h1-3,5-7,10-16,18,22H,4,8-9,17,19H2,(H,35,38). The van der Waals surface area contributed by atoms with Crippen LogP contribution < -0.4 is 10.1 Å². The summed E-state index contributed by atoms with van der Waals surface area (Å²) in [4.78, 5) is 22.7. The quantitative estimate of drug-likeness (QED) is 0.244. The normalized spacial score (nSPS) is 13.3. The van der Waals surface area contributed by atoms with Crippen LogP contribution in [-0.4, -0.2) is 20.4 Å². The lowest BCUT2D eigenvalue weighted by Crippen LogP contribution is -2.26. The van der Waals surface area contributed by atoms with Gasteiger partial charge in [-0.05, 0) is 54.3 Å². The Morgan fingerprint density at radius 3 is 2.46 bits per heavy atom. The van der Waals surface area contributed by atoms with Crippen molar-refractivity contribution in [3.63, 3.8) is 0 Å². The van der Waals surface area contributed by atoms with Gasteiger partial charge in [-0.3, -0.25) is 9.78 Å². The SMILES string of the molecule is O=C(NCc1cc(F)cc(F)c1)c1c(C2CCC2)n(Cc2ccccc2)c2nc(Oc3cccnc3)ccc12. The van der Waals surface area contributed by atoms with Crippen LogP contribution in [0.5, 0.6) is 11.6 Å². The van der Waals surface area contributed by atoms with Gasteiger partial charge in [-0.1, -0.05) is 36.8 Å². The van der Waals surface area contributed by atoms with Gasteiger partial charge in [-0.25, -0.2) is 8.78 Å². The van der Waals surface area contributed by atoms with E-state index in [0.29, 0.717) is 40.3 Å². The average Bonchev–Trinajstić information content (AvgIpc) is 3.20. The zero-order valence-corrected chi connectivity index (χ0v) is 21.1. The van der Waals surface area contributed by atoms with E-state index in [1.54, 1.807) is 30.6 Å². The molecule has 1 aliphatic carbocycles. The summed E-state index contributed by atoms with van der Waals surface area (Å²) in [5.74, 6) is -0.507. The largest absolute Gasteiger partial charge is 0.437 e. The van der Waals surface area contributed by atoms with Gasteiger partial charge in [-0.15, -0.1) is 0 Å². The van der Waals surface area contributed by atoms with Gasteiger partial charge in [-0.2, -0.15) is 4.98 Å². The molecule has 0 atom stereocenters. The average molecular weight is 525 g/mol. The molecule has 0 unspecified atom stereocenters. The summed E-state index contributed by atoms with van der Waals surface area (Å²) >= 11 is 0. The van der Waals surface area contributed by atoms with Gasteiger partial charge < -0.3 is 14.6 Å². The fraction of sp³-hybridized carbons (Fsp3) is 0.194. The van der Waals surface area contributed by atoms with Gasteiger partial charge in [0.1, 0.15) is 23.0 Å². The summed E-state index contributed by atoms with van der Waals surface area (Å²) in [6.45, 7) is 0.535. The number of nitrogens with zero attached hydrogens (tertiary/aromatic N) is 3. The van der Waals surface area contributed by atoms with E-state index in [2.05, 4.69) is 14.9 Å².